The van der Waals surface area contributed by atoms with E-state index in [0.717, 1.165) is 42.3 Å². The van der Waals surface area contributed by atoms with Crippen molar-refractivity contribution in [2.45, 2.75) is 59.1 Å². The van der Waals surface area contributed by atoms with Crippen LogP contribution in [0.4, 0.5) is 0 Å². The van der Waals surface area contributed by atoms with Crippen molar-refractivity contribution in [3.05, 3.63) is 60.2 Å². The van der Waals surface area contributed by atoms with Gasteiger partial charge in [-0.15, -0.1) is 0 Å². The van der Waals surface area contributed by atoms with Crippen molar-refractivity contribution in [3.8, 4) is 0 Å². The molecule has 1 amide bonds. The zero-order valence-corrected chi connectivity index (χ0v) is 19.1. The summed E-state index contributed by atoms with van der Waals surface area (Å²) in [6.45, 7) is 11.0. The third-order valence-corrected chi connectivity index (χ3v) is 6.99. The lowest BCUT2D eigenvalue weighted by atomic mass is 9.65. The van der Waals surface area contributed by atoms with Crippen LogP contribution < -0.4 is 0 Å². The zero-order valence-electron chi connectivity index (χ0n) is 19.1. The van der Waals surface area contributed by atoms with Gasteiger partial charge in [-0.1, -0.05) is 19.9 Å². The fourth-order valence-corrected chi connectivity index (χ4v) is 5.10. The minimum absolute atomic E-state index is 0.0515. The molecule has 1 atom stereocenters. The first kappa shape index (κ1) is 21.7. The molecule has 1 fully saturated rings. The molecule has 0 spiro atoms. The molecular formula is C26H34N2O3. The maximum absolute atomic E-state index is 13.3. The molecule has 1 aliphatic rings. The van der Waals surface area contributed by atoms with E-state index >= 15 is 0 Å². The molecule has 2 aromatic heterocycles. The molecule has 31 heavy (non-hydrogen) atoms. The Morgan fingerprint density at radius 1 is 1.23 bits per heavy atom. The highest BCUT2D eigenvalue weighted by molar-refractivity contribution is 5.91. The average Bonchev–Trinajstić information content (AvgIpc) is 3.41. The number of aromatic nitrogens is 1. The number of hydrogen-bond donors (Lipinski definition) is 1. The summed E-state index contributed by atoms with van der Waals surface area (Å²) in [4.78, 5) is 18.5. The molecule has 1 aliphatic heterocycles. The topological polar surface area (TPSA) is 58.5 Å². The van der Waals surface area contributed by atoms with E-state index in [1.54, 1.807) is 18.4 Å². The van der Waals surface area contributed by atoms with Crippen molar-refractivity contribution in [2.24, 2.45) is 11.3 Å². The molecule has 3 aromatic rings. The molecule has 5 heteroatoms. The van der Waals surface area contributed by atoms with E-state index in [1.165, 1.54) is 0 Å². The smallest absolute Gasteiger partial charge is 0.289 e. The van der Waals surface area contributed by atoms with E-state index < -0.39 is 0 Å². The van der Waals surface area contributed by atoms with Crippen LogP contribution in [0.25, 0.3) is 10.9 Å². The third kappa shape index (κ3) is 4.72. The summed E-state index contributed by atoms with van der Waals surface area (Å²) in [5.74, 6) is 0.866. The van der Waals surface area contributed by atoms with E-state index in [0.29, 0.717) is 24.8 Å². The van der Waals surface area contributed by atoms with Gasteiger partial charge in [-0.2, -0.15) is 0 Å². The number of aromatic amines is 1. The Hall–Kier alpha value is -2.53. The van der Waals surface area contributed by atoms with Crippen LogP contribution in [0, 0.1) is 11.3 Å². The van der Waals surface area contributed by atoms with Gasteiger partial charge >= 0.3 is 0 Å². The Balaban J connectivity index is 1.57. The Kier molecular flexibility index (Phi) is 5.98. The summed E-state index contributed by atoms with van der Waals surface area (Å²) in [5, 5.41) is 1.16. The highest BCUT2D eigenvalue weighted by Gasteiger charge is 2.43. The fourth-order valence-electron chi connectivity index (χ4n) is 5.10. The molecule has 0 radical (unpaired) electrons. The SMILES string of the molecule is CC(C)C1(CCN(Cc2ccc3[nH]ccc3c2)C(=O)c2ccco2)CCOC(C)(C)C1. The van der Waals surface area contributed by atoms with Crippen LogP contribution in [-0.2, 0) is 11.3 Å². The quantitative estimate of drug-likeness (QED) is 0.506. The van der Waals surface area contributed by atoms with Crippen LogP contribution in [0.15, 0.2) is 53.3 Å². The number of ether oxygens (including phenoxy) is 1. The molecular weight excluding hydrogens is 388 g/mol. The highest BCUT2D eigenvalue weighted by Crippen LogP contribution is 2.47. The number of carbonyl (C=O) groups is 1. The second kappa shape index (κ2) is 8.54. The van der Waals surface area contributed by atoms with Crippen molar-refractivity contribution in [2.75, 3.05) is 13.2 Å². The van der Waals surface area contributed by atoms with Gasteiger partial charge in [-0.05, 0) is 85.7 Å². The van der Waals surface area contributed by atoms with E-state index in [4.69, 9.17) is 9.15 Å². The Bertz CT molecular complexity index is 1020. The maximum atomic E-state index is 13.3. The Morgan fingerprint density at radius 2 is 2.06 bits per heavy atom. The normalized spacial score (nSPS) is 20.9. The van der Waals surface area contributed by atoms with E-state index in [1.807, 2.05) is 11.1 Å². The standard InChI is InChI=1S/C26H34N2O3/c1-19(2)26(11-15-31-25(3,4)18-26)10-13-28(24(29)23-6-5-14-30-23)17-20-7-8-22-21(16-20)9-12-27-22/h5-9,12,14,16,19,27H,10-11,13,15,17-18H2,1-4H3. The van der Waals surface area contributed by atoms with Crippen molar-refractivity contribution < 1.29 is 13.9 Å². The fraction of sp³-hybridized carbons (Fsp3) is 0.500. The summed E-state index contributed by atoms with van der Waals surface area (Å²) < 4.78 is 11.5. The second-order valence-electron chi connectivity index (χ2n) is 9.91. The van der Waals surface area contributed by atoms with Gasteiger partial charge in [0, 0.05) is 31.4 Å². The van der Waals surface area contributed by atoms with Crippen LogP contribution in [0.2, 0.25) is 0 Å². The number of H-pyrrole nitrogens is 1. The lowest BCUT2D eigenvalue weighted by molar-refractivity contribution is -0.122. The summed E-state index contributed by atoms with van der Waals surface area (Å²) >= 11 is 0. The van der Waals surface area contributed by atoms with Gasteiger partial charge in [0.1, 0.15) is 0 Å². The van der Waals surface area contributed by atoms with Crippen LogP contribution in [0.1, 0.15) is 63.1 Å². The van der Waals surface area contributed by atoms with Gasteiger partial charge in [0.25, 0.3) is 5.91 Å². The second-order valence-corrected chi connectivity index (χ2v) is 9.91. The molecule has 1 aromatic carbocycles. The van der Waals surface area contributed by atoms with Gasteiger partial charge in [-0.3, -0.25) is 4.79 Å². The molecule has 5 nitrogen and oxygen atoms in total. The van der Waals surface area contributed by atoms with Crippen LogP contribution in [-0.4, -0.2) is 34.5 Å². The van der Waals surface area contributed by atoms with E-state index in [2.05, 4.69) is 56.9 Å². The monoisotopic (exact) mass is 422 g/mol. The minimum Gasteiger partial charge on any atom is -0.459 e. The number of rotatable bonds is 7. The largest absolute Gasteiger partial charge is 0.459 e. The van der Waals surface area contributed by atoms with Crippen molar-refractivity contribution in [1.29, 1.82) is 0 Å². The molecule has 3 heterocycles. The van der Waals surface area contributed by atoms with Crippen LogP contribution >= 0.6 is 0 Å². The van der Waals surface area contributed by atoms with Gasteiger partial charge < -0.3 is 19.0 Å². The van der Waals surface area contributed by atoms with Gasteiger partial charge in [0.2, 0.25) is 0 Å². The lowest BCUT2D eigenvalue weighted by Gasteiger charge is -2.48. The number of furan rings is 1. The molecule has 1 unspecified atom stereocenters. The molecule has 1 saturated heterocycles. The Morgan fingerprint density at radius 3 is 2.77 bits per heavy atom. The van der Waals surface area contributed by atoms with Crippen LogP contribution in [0.5, 0.6) is 0 Å². The average molecular weight is 423 g/mol. The number of fused-ring (bicyclic) bond motifs is 1. The summed E-state index contributed by atoms with van der Waals surface area (Å²) in [6.07, 6.45) is 6.51. The summed E-state index contributed by atoms with van der Waals surface area (Å²) in [7, 11) is 0. The molecule has 0 aliphatic carbocycles. The molecule has 166 valence electrons. The van der Waals surface area contributed by atoms with E-state index in [9.17, 15) is 4.79 Å². The third-order valence-electron chi connectivity index (χ3n) is 6.99. The lowest BCUT2D eigenvalue weighted by Crippen LogP contribution is -2.46. The number of nitrogens with one attached hydrogen (secondary N) is 1. The molecule has 4 rings (SSSR count). The number of amides is 1. The predicted octanol–water partition coefficient (Wildman–Crippen LogP) is 6.02. The van der Waals surface area contributed by atoms with Crippen LogP contribution in [0.3, 0.4) is 0 Å². The molecule has 1 N–H and O–H groups in total. The van der Waals surface area contributed by atoms with E-state index in [-0.39, 0.29) is 16.9 Å². The van der Waals surface area contributed by atoms with Crippen molar-refractivity contribution in [3.63, 3.8) is 0 Å². The van der Waals surface area contributed by atoms with Gasteiger partial charge in [0.15, 0.2) is 5.76 Å². The minimum atomic E-state index is -0.127. The number of nitrogens with zero attached hydrogens (tertiary/aromatic N) is 1. The maximum Gasteiger partial charge on any atom is 0.289 e. The van der Waals surface area contributed by atoms with Crippen molar-refractivity contribution in [1.82, 2.24) is 9.88 Å². The number of carbonyl (C=O) groups excluding carboxylic acids is 1. The number of benzene rings is 1. The van der Waals surface area contributed by atoms with Gasteiger partial charge in [0.05, 0.1) is 11.9 Å². The number of hydrogen-bond acceptors (Lipinski definition) is 3. The first-order chi connectivity index (χ1) is 14.8. The Labute approximate surface area is 184 Å². The first-order valence-corrected chi connectivity index (χ1v) is 11.3. The molecule has 0 saturated carbocycles. The highest BCUT2D eigenvalue weighted by atomic mass is 16.5. The molecule has 0 bridgehead atoms. The zero-order chi connectivity index (χ0) is 22.1. The van der Waals surface area contributed by atoms with Gasteiger partial charge in [-0.25, -0.2) is 0 Å². The summed E-state index contributed by atoms with van der Waals surface area (Å²) in [6, 6.07) is 11.9. The van der Waals surface area contributed by atoms with Crippen molar-refractivity contribution >= 4 is 16.8 Å². The summed E-state index contributed by atoms with van der Waals surface area (Å²) in [5.41, 5.74) is 2.26. The first-order valence-electron chi connectivity index (χ1n) is 11.3. The predicted molar refractivity (Wildman–Crippen MR) is 123 cm³/mol.